The number of hydrogen-bond acceptors (Lipinski definition) is 3. The summed E-state index contributed by atoms with van der Waals surface area (Å²) in [4.78, 5) is 17.9. The fraction of sp³-hybridized carbons (Fsp3) is 0.708. The van der Waals surface area contributed by atoms with Crippen molar-refractivity contribution in [1.82, 2.24) is 9.80 Å². The Morgan fingerprint density at radius 1 is 0.862 bits per heavy atom. The molecule has 5 heteroatoms. The normalized spacial score (nSPS) is 12.9. The van der Waals surface area contributed by atoms with Crippen molar-refractivity contribution in [3.8, 4) is 0 Å². The van der Waals surface area contributed by atoms with Crippen molar-refractivity contribution in [2.45, 2.75) is 97.8 Å². The van der Waals surface area contributed by atoms with E-state index in [-0.39, 0.29) is 5.91 Å². The minimum atomic E-state index is -0.704. The molecule has 0 bridgehead atoms. The maximum Gasteiger partial charge on any atom is 0.228 e. The number of benzene rings is 1. The van der Waals surface area contributed by atoms with E-state index in [1.54, 1.807) is 0 Å². The van der Waals surface area contributed by atoms with E-state index in [0.29, 0.717) is 37.0 Å². The van der Waals surface area contributed by atoms with Crippen LogP contribution in [0.3, 0.4) is 0 Å². The minimum absolute atomic E-state index is 0.232. The van der Waals surface area contributed by atoms with Crippen molar-refractivity contribution in [3.63, 3.8) is 0 Å². The Bertz CT molecular complexity index is 603. The summed E-state index contributed by atoms with van der Waals surface area (Å²) >= 11 is 3.70. The second kappa shape index (κ2) is 11.5. The molecule has 0 aliphatic carbocycles. The molecular weight excluding hydrogens is 426 g/mol. The molecule has 1 amide bonds. The van der Waals surface area contributed by atoms with Crippen molar-refractivity contribution < 1.29 is 4.79 Å². The van der Waals surface area contributed by atoms with E-state index in [0.717, 1.165) is 23.1 Å². The monoisotopic (exact) mass is 467 g/mol. The molecule has 29 heavy (non-hydrogen) atoms. The van der Waals surface area contributed by atoms with Gasteiger partial charge in [0.1, 0.15) is 0 Å². The fourth-order valence-corrected chi connectivity index (χ4v) is 5.15. The van der Waals surface area contributed by atoms with Gasteiger partial charge in [0, 0.05) is 41.7 Å². The number of rotatable bonds is 12. The van der Waals surface area contributed by atoms with Crippen LogP contribution in [0.15, 0.2) is 28.7 Å². The molecule has 0 saturated heterocycles. The van der Waals surface area contributed by atoms with Crippen LogP contribution in [0.25, 0.3) is 0 Å². The first-order valence-electron chi connectivity index (χ1n) is 11.0. The van der Waals surface area contributed by atoms with Crippen LogP contribution in [0.2, 0.25) is 0 Å². The molecule has 0 fully saturated rings. The number of amides is 1. The number of nitrogens with zero attached hydrogens (tertiary/aromatic N) is 2. The molecule has 1 aromatic rings. The van der Waals surface area contributed by atoms with Gasteiger partial charge in [-0.3, -0.25) is 14.6 Å². The van der Waals surface area contributed by atoms with Gasteiger partial charge in [0.2, 0.25) is 5.91 Å². The molecule has 2 N–H and O–H groups in total. The zero-order chi connectivity index (χ0) is 22.4. The molecule has 0 saturated carbocycles. The molecule has 0 heterocycles. The van der Waals surface area contributed by atoms with Gasteiger partial charge >= 0.3 is 0 Å². The third-order valence-corrected chi connectivity index (χ3v) is 6.80. The van der Waals surface area contributed by atoms with Crippen LogP contribution in [-0.2, 0) is 10.2 Å². The summed E-state index contributed by atoms with van der Waals surface area (Å²) in [6.45, 7) is 19.4. The maximum absolute atomic E-state index is 13.0. The highest BCUT2D eigenvalue weighted by Gasteiger charge is 2.40. The van der Waals surface area contributed by atoms with Crippen molar-refractivity contribution in [3.05, 3.63) is 34.3 Å². The summed E-state index contributed by atoms with van der Waals surface area (Å²) in [5.74, 6) is -0.232. The minimum Gasteiger partial charge on any atom is -0.369 e. The first kappa shape index (κ1) is 26.1. The van der Waals surface area contributed by atoms with Crippen molar-refractivity contribution in [1.29, 1.82) is 0 Å². The Morgan fingerprint density at radius 3 is 1.55 bits per heavy atom. The van der Waals surface area contributed by atoms with Crippen molar-refractivity contribution >= 4 is 21.8 Å². The summed E-state index contributed by atoms with van der Waals surface area (Å²) in [6.07, 6.45) is 1.43. The molecule has 0 radical (unpaired) electrons. The summed E-state index contributed by atoms with van der Waals surface area (Å²) in [6, 6.07) is 9.73. The number of carbonyl (C=O) groups excluding carboxylic acids is 1. The molecule has 4 nitrogen and oxygen atoms in total. The van der Waals surface area contributed by atoms with Gasteiger partial charge in [-0.2, -0.15) is 0 Å². The molecule has 0 aliphatic heterocycles. The van der Waals surface area contributed by atoms with Gasteiger partial charge in [-0.25, -0.2) is 0 Å². The zero-order valence-corrected chi connectivity index (χ0v) is 21.3. The van der Waals surface area contributed by atoms with Gasteiger partial charge in [0.15, 0.2) is 0 Å². The lowest BCUT2D eigenvalue weighted by atomic mass is 9.73. The largest absolute Gasteiger partial charge is 0.369 e. The number of carbonyl (C=O) groups is 1. The summed E-state index contributed by atoms with van der Waals surface area (Å²) < 4.78 is 0.958. The average Bonchev–Trinajstić information content (AvgIpc) is 2.59. The maximum atomic E-state index is 13.0. The quantitative estimate of drug-likeness (QED) is 0.459. The second-order valence-corrected chi connectivity index (χ2v) is 10.1. The van der Waals surface area contributed by atoms with E-state index in [1.165, 1.54) is 0 Å². The lowest BCUT2D eigenvalue weighted by Gasteiger charge is -2.39. The first-order chi connectivity index (χ1) is 13.4. The highest BCUT2D eigenvalue weighted by molar-refractivity contribution is 9.10. The lowest BCUT2D eigenvalue weighted by molar-refractivity contribution is -0.124. The molecule has 1 aromatic carbocycles. The van der Waals surface area contributed by atoms with E-state index >= 15 is 0 Å². The fourth-order valence-electron chi connectivity index (χ4n) is 4.49. The zero-order valence-electron chi connectivity index (χ0n) is 19.7. The van der Waals surface area contributed by atoms with E-state index in [1.807, 2.05) is 18.2 Å². The Balaban J connectivity index is 3.34. The summed E-state index contributed by atoms with van der Waals surface area (Å²) in [5.41, 5.74) is 6.46. The third kappa shape index (κ3) is 6.80. The topological polar surface area (TPSA) is 49.6 Å². The van der Waals surface area contributed by atoms with Crippen molar-refractivity contribution in [2.24, 2.45) is 5.73 Å². The standard InChI is InChI=1S/C24H42BrN3O/c1-17(2)27(18(3)4)15-13-24(23(26)29,21-11-9-10-12-22(21)25)14-16-28(19(5)6)20(7)8/h9-12,17-20H,13-16H2,1-8H3,(H2,26,29). The predicted molar refractivity (Wildman–Crippen MR) is 128 cm³/mol. The second-order valence-electron chi connectivity index (χ2n) is 9.28. The van der Waals surface area contributed by atoms with Crippen molar-refractivity contribution in [2.75, 3.05) is 13.1 Å². The van der Waals surface area contributed by atoms with E-state index < -0.39 is 5.41 Å². The highest BCUT2D eigenvalue weighted by Crippen LogP contribution is 2.37. The van der Waals surface area contributed by atoms with Crippen LogP contribution < -0.4 is 5.73 Å². The van der Waals surface area contributed by atoms with Gasteiger partial charge < -0.3 is 5.73 Å². The number of nitrogens with two attached hydrogens (primary N) is 1. The summed E-state index contributed by atoms with van der Waals surface area (Å²) in [7, 11) is 0. The lowest BCUT2D eigenvalue weighted by Crippen LogP contribution is -2.49. The first-order valence-corrected chi connectivity index (χ1v) is 11.8. The Labute approximate surface area is 187 Å². The molecular formula is C24H42BrN3O. The molecule has 0 aromatic heterocycles. The number of halogens is 1. The third-order valence-electron chi connectivity index (χ3n) is 6.11. The van der Waals surface area contributed by atoms with Crippen LogP contribution in [0, 0.1) is 0 Å². The van der Waals surface area contributed by atoms with Gasteiger partial charge in [-0.15, -0.1) is 0 Å². The van der Waals surface area contributed by atoms with E-state index in [9.17, 15) is 4.79 Å². The molecule has 0 unspecified atom stereocenters. The van der Waals surface area contributed by atoms with Crippen LogP contribution in [0.1, 0.15) is 73.8 Å². The molecule has 1 rings (SSSR count). The molecule has 0 aliphatic rings. The number of primary amides is 1. The highest BCUT2D eigenvalue weighted by atomic mass is 79.9. The summed E-state index contributed by atoms with van der Waals surface area (Å²) in [5, 5.41) is 0. The van der Waals surface area contributed by atoms with E-state index in [2.05, 4.69) is 87.2 Å². The number of hydrogen-bond donors (Lipinski definition) is 1. The molecule has 166 valence electrons. The molecule has 0 spiro atoms. The smallest absolute Gasteiger partial charge is 0.228 e. The Hall–Kier alpha value is -0.910. The van der Waals surface area contributed by atoms with Crippen LogP contribution in [0.5, 0.6) is 0 Å². The average molecular weight is 469 g/mol. The van der Waals surface area contributed by atoms with Crippen LogP contribution >= 0.6 is 15.9 Å². The predicted octanol–water partition coefficient (Wildman–Crippen LogP) is 5.19. The Morgan fingerprint density at radius 2 is 1.24 bits per heavy atom. The SMILES string of the molecule is CC(C)N(CCC(CCN(C(C)C)C(C)C)(C(N)=O)c1ccccc1Br)C(C)C. The van der Waals surface area contributed by atoms with Crippen LogP contribution in [-0.4, -0.2) is 53.0 Å². The van der Waals surface area contributed by atoms with Gasteiger partial charge in [-0.05, 0) is 79.9 Å². The Kier molecular flexibility index (Phi) is 10.3. The van der Waals surface area contributed by atoms with Gasteiger partial charge in [-0.1, -0.05) is 34.1 Å². The van der Waals surface area contributed by atoms with Gasteiger partial charge in [0.05, 0.1) is 5.41 Å². The van der Waals surface area contributed by atoms with Crippen LogP contribution in [0.4, 0.5) is 0 Å². The molecule has 0 atom stereocenters. The van der Waals surface area contributed by atoms with E-state index in [4.69, 9.17) is 5.73 Å². The van der Waals surface area contributed by atoms with Gasteiger partial charge in [0.25, 0.3) is 0 Å².